The third kappa shape index (κ3) is 4.87. The lowest BCUT2D eigenvalue weighted by Crippen LogP contribution is -2.54. The van der Waals surface area contributed by atoms with Crippen molar-refractivity contribution >= 4 is 44.7 Å². The number of nitrogens with two attached hydrogens (primary N) is 3. The minimum atomic E-state index is -1.61. The lowest BCUT2D eigenvalue weighted by atomic mass is 9.70. The van der Waals surface area contributed by atoms with E-state index in [1.54, 1.807) is 31.2 Å². The number of hydrogen-bond acceptors (Lipinski definition) is 9. The van der Waals surface area contributed by atoms with E-state index in [2.05, 4.69) is 22.2 Å². The number of rotatable bonds is 7. The highest BCUT2D eigenvalue weighted by Crippen LogP contribution is 2.49. The highest BCUT2D eigenvalue weighted by molar-refractivity contribution is 7.21. The molecule has 1 aromatic carbocycles. The summed E-state index contributed by atoms with van der Waals surface area (Å²) in [7, 11) is 0. The van der Waals surface area contributed by atoms with Gasteiger partial charge in [-0.05, 0) is 57.4 Å². The first-order valence-corrected chi connectivity index (χ1v) is 14.6. The fourth-order valence-electron chi connectivity index (χ4n) is 6.04. The minimum Gasteiger partial charge on any atom is -0.475 e. The van der Waals surface area contributed by atoms with Crippen molar-refractivity contribution in [2.24, 2.45) is 11.5 Å². The molecule has 216 valence electrons. The summed E-state index contributed by atoms with van der Waals surface area (Å²) < 4.78 is 6.37. The second kappa shape index (κ2) is 10.9. The fraction of sp³-hybridized carbons (Fsp3) is 0.400. The summed E-state index contributed by atoms with van der Waals surface area (Å²) in [6.07, 6.45) is 4.47. The molecule has 2 aliphatic carbocycles. The van der Waals surface area contributed by atoms with E-state index in [4.69, 9.17) is 21.9 Å². The Bertz CT molecular complexity index is 1570. The first kappa shape index (κ1) is 28.7. The van der Waals surface area contributed by atoms with Gasteiger partial charge in [-0.2, -0.15) is 0 Å². The van der Waals surface area contributed by atoms with Gasteiger partial charge in [-0.1, -0.05) is 25.5 Å². The monoisotopic (exact) mass is 576 g/mol. The second-order valence-electron chi connectivity index (χ2n) is 11.0. The zero-order valence-corrected chi connectivity index (χ0v) is 24.3. The van der Waals surface area contributed by atoms with Gasteiger partial charge in [-0.15, -0.1) is 11.3 Å². The molecule has 0 radical (unpaired) electrons. The molecule has 0 aliphatic heterocycles. The van der Waals surface area contributed by atoms with Crippen molar-refractivity contribution in [2.75, 3.05) is 5.73 Å². The summed E-state index contributed by atoms with van der Waals surface area (Å²) in [5, 5.41) is 6.64. The number of ether oxygens (including phenoxy) is 1. The number of nitrogen functional groups attached to an aromatic ring is 1. The number of carbonyl (C=O) groups excluding carboxylic acids is 3. The van der Waals surface area contributed by atoms with Crippen LogP contribution in [0.5, 0.6) is 5.88 Å². The maximum atomic E-state index is 14.1. The Kier molecular flexibility index (Phi) is 7.62. The molecule has 2 heterocycles. The van der Waals surface area contributed by atoms with Crippen molar-refractivity contribution in [2.45, 2.75) is 76.2 Å². The Morgan fingerprint density at radius 1 is 1.15 bits per heavy atom. The smallest absolute Gasteiger partial charge is 0.262 e. The number of pyridine rings is 1. The average molecular weight is 577 g/mol. The molecule has 2 amide bonds. The van der Waals surface area contributed by atoms with Crippen LogP contribution in [0.15, 0.2) is 36.9 Å². The highest BCUT2D eigenvalue weighted by atomic mass is 32.1. The van der Waals surface area contributed by atoms with Gasteiger partial charge in [0.05, 0.1) is 21.7 Å². The molecular weight excluding hydrogens is 540 g/mol. The van der Waals surface area contributed by atoms with E-state index in [-0.39, 0.29) is 30.0 Å². The van der Waals surface area contributed by atoms with Crippen molar-refractivity contribution in [3.8, 4) is 5.88 Å². The molecule has 8 N–H and O–H groups in total. The molecule has 3 aromatic rings. The summed E-state index contributed by atoms with van der Waals surface area (Å²) in [4.78, 5) is 44.7. The van der Waals surface area contributed by atoms with E-state index in [9.17, 15) is 14.4 Å². The van der Waals surface area contributed by atoms with Crippen LogP contribution in [0.2, 0.25) is 0 Å². The Labute approximate surface area is 242 Å². The van der Waals surface area contributed by atoms with Crippen LogP contribution >= 0.6 is 11.3 Å². The third-order valence-electron chi connectivity index (χ3n) is 7.96. The molecule has 0 saturated heterocycles. The molecule has 2 unspecified atom stereocenters. The van der Waals surface area contributed by atoms with Crippen LogP contribution in [0.1, 0.15) is 77.6 Å². The topological polar surface area (TPSA) is 175 Å². The molecule has 5 rings (SSSR count). The Morgan fingerprint density at radius 2 is 1.80 bits per heavy atom. The van der Waals surface area contributed by atoms with Crippen molar-refractivity contribution in [1.82, 2.24) is 15.6 Å². The molecule has 1 saturated carbocycles. The lowest BCUT2D eigenvalue weighted by molar-refractivity contribution is -0.124. The van der Waals surface area contributed by atoms with Gasteiger partial charge in [-0.3, -0.25) is 14.4 Å². The molecule has 10 nitrogen and oxygen atoms in total. The molecule has 11 heteroatoms. The average Bonchev–Trinajstić information content (AvgIpc) is 3.34. The van der Waals surface area contributed by atoms with Crippen molar-refractivity contribution < 1.29 is 19.1 Å². The highest BCUT2D eigenvalue weighted by Gasteiger charge is 2.49. The van der Waals surface area contributed by atoms with Gasteiger partial charge in [-0.25, -0.2) is 4.98 Å². The Morgan fingerprint density at radius 3 is 2.44 bits per heavy atom. The number of aromatic nitrogens is 1. The zero-order chi connectivity index (χ0) is 29.6. The van der Waals surface area contributed by atoms with Crippen LogP contribution in [0, 0.1) is 6.92 Å². The number of carbonyl (C=O) groups is 3. The molecule has 41 heavy (non-hydrogen) atoms. The number of hydrogen-bond donors (Lipinski definition) is 5. The predicted octanol–water partition coefficient (Wildman–Crippen LogP) is 3.10. The number of aryl methyl sites for hydroxylation is 1. The van der Waals surface area contributed by atoms with E-state index < -0.39 is 17.4 Å². The SMILES string of the molecule is C=CC(=O)N[C@H]1CCCC[C@H]1NC(=O)c1sc2c(N)ccc3c2c1C(N)C(=O)C3(N)c1ccc(OC(C)C)nc1C. The van der Waals surface area contributed by atoms with Crippen LogP contribution in [0.3, 0.4) is 0 Å². The van der Waals surface area contributed by atoms with E-state index >= 15 is 0 Å². The van der Waals surface area contributed by atoms with Crippen LogP contribution in [-0.4, -0.2) is 40.8 Å². The molecule has 1 fully saturated rings. The number of thiophene rings is 1. The quantitative estimate of drug-likeness (QED) is 0.211. The number of nitrogens with one attached hydrogen (secondary N) is 2. The van der Waals surface area contributed by atoms with Crippen LogP contribution < -0.4 is 32.6 Å². The largest absolute Gasteiger partial charge is 0.475 e. The number of anilines is 1. The van der Waals surface area contributed by atoms with Crippen molar-refractivity contribution in [3.05, 3.63) is 64.2 Å². The Balaban J connectivity index is 1.59. The van der Waals surface area contributed by atoms with Gasteiger partial charge >= 0.3 is 0 Å². The van der Waals surface area contributed by atoms with Gasteiger partial charge in [0, 0.05) is 46.0 Å². The first-order valence-electron chi connectivity index (χ1n) is 13.8. The maximum absolute atomic E-state index is 14.1. The molecule has 0 spiro atoms. The van der Waals surface area contributed by atoms with Gasteiger partial charge in [0.15, 0.2) is 5.78 Å². The van der Waals surface area contributed by atoms with Gasteiger partial charge in [0.25, 0.3) is 5.91 Å². The van der Waals surface area contributed by atoms with E-state index in [1.807, 2.05) is 13.8 Å². The summed E-state index contributed by atoms with van der Waals surface area (Å²) in [5.41, 5.74) is 20.9. The number of benzene rings is 1. The number of Topliss-reactive ketones (excluding diaryl/α,β-unsaturated/α-hetero) is 1. The van der Waals surface area contributed by atoms with E-state index in [0.29, 0.717) is 55.3 Å². The number of ketones is 1. The van der Waals surface area contributed by atoms with Crippen molar-refractivity contribution in [3.63, 3.8) is 0 Å². The Hall–Kier alpha value is -3.80. The van der Waals surface area contributed by atoms with Crippen LogP contribution in [-0.2, 0) is 15.1 Å². The summed E-state index contributed by atoms with van der Waals surface area (Å²) >= 11 is 1.20. The molecular formula is C30H36N6O4S. The lowest BCUT2D eigenvalue weighted by Gasteiger charge is -2.37. The van der Waals surface area contributed by atoms with Crippen molar-refractivity contribution in [1.29, 1.82) is 0 Å². The van der Waals surface area contributed by atoms with Crippen LogP contribution in [0.25, 0.3) is 10.1 Å². The first-order chi connectivity index (χ1) is 19.5. The maximum Gasteiger partial charge on any atom is 0.262 e. The van der Waals surface area contributed by atoms with E-state index in [1.165, 1.54) is 17.4 Å². The van der Waals surface area contributed by atoms with Gasteiger partial charge < -0.3 is 32.6 Å². The normalized spacial score (nSPS) is 23.9. The standard InChI is InChI=1S/C30H36N6O4S/c1-5-21(37)35-19-8-6-7-9-20(19)36-29(39)27-24-23-17(10-12-18(31)26(23)41-27)30(33,28(38)25(24)32)16-11-13-22(34-15(16)4)40-14(2)3/h5,10-14,19-20,25H,1,6-9,31-33H2,2-4H3,(H,35,37)(H,36,39)/t19-,20+,25?,30?/m0/s1. The number of nitrogens with zero attached hydrogens (tertiary/aromatic N) is 1. The summed E-state index contributed by atoms with van der Waals surface area (Å²) in [5.74, 6) is -0.664. The summed E-state index contributed by atoms with van der Waals surface area (Å²) in [6, 6.07) is 5.20. The minimum absolute atomic E-state index is 0.0684. The number of amides is 2. The summed E-state index contributed by atoms with van der Waals surface area (Å²) in [6.45, 7) is 9.11. The predicted molar refractivity (Wildman–Crippen MR) is 160 cm³/mol. The zero-order valence-electron chi connectivity index (χ0n) is 23.5. The second-order valence-corrected chi connectivity index (χ2v) is 12.1. The van der Waals surface area contributed by atoms with E-state index in [0.717, 1.165) is 19.3 Å². The molecule has 0 bridgehead atoms. The molecule has 4 atom stereocenters. The van der Waals surface area contributed by atoms with Gasteiger partial charge in [0.2, 0.25) is 11.8 Å². The molecule has 2 aliphatic rings. The fourth-order valence-corrected chi connectivity index (χ4v) is 7.24. The molecule has 2 aromatic heterocycles. The van der Waals surface area contributed by atoms with Crippen LogP contribution in [0.4, 0.5) is 5.69 Å². The van der Waals surface area contributed by atoms with Gasteiger partial charge in [0.1, 0.15) is 5.54 Å². The third-order valence-corrected chi connectivity index (χ3v) is 9.21.